The maximum absolute atomic E-state index is 12.7. The van der Waals surface area contributed by atoms with E-state index in [4.69, 9.17) is 14.7 Å². The third-order valence-corrected chi connectivity index (χ3v) is 5.42. The summed E-state index contributed by atoms with van der Waals surface area (Å²) >= 11 is 0. The Bertz CT molecular complexity index is 1060. The number of piperazine rings is 1. The number of aromatic nitrogens is 2. The minimum Gasteiger partial charge on any atom is -0.462 e. The van der Waals surface area contributed by atoms with Crippen LogP contribution < -0.4 is 4.90 Å². The van der Waals surface area contributed by atoms with E-state index in [2.05, 4.69) is 35.9 Å². The number of nitrogens with zero attached hydrogens (tertiary/aromatic N) is 4. The molecule has 4 rings (SSSR count). The second-order valence-corrected chi connectivity index (χ2v) is 7.47. The van der Waals surface area contributed by atoms with Gasteiger partial charge < -0.3 is 14.5 Å². The topological polar surface area (TPSA) is 58.6 Å². The Kier molecular flexibility index (Phi) is 4.89. The molecule has 0 bridgehead atoms. The van der Waals surface area contributed by atoms with E-state index in [1.165, 1.54) is 0 Å². The highest BCUT2D eigenvalue weighted by Crippen LogP contribution is 2.36. The molecule has 0 atom stereocenters. The number of benzene rings is 1. The van der Waals surface area contributed by atoms with E-state index < -0.39 is 0 Å². The first-order chi connectivity index (χ1) is 13.5. The molecule has 6 nitrogen and oxygen atoms in total. The fraction of sp³-hybridized carbons (Fsp3) is 0.409. The van der Waals surface area contributed by atoms with E-state index in [0.29, 0.717) is 12.2 Å². The molecular weight excluding hydrogens is 352 g/mol. The van der Waals surface area contributed by atoms with Gasteiger partial charge in [0.25, 0.3) is 0 Å². The summed E-state index contributed by atoms with van der Waals surface area (Å²) in [5, 5.41) is 1.97. The van der Waals surface area contributed by atoms with Gasteiger partial charge >= 0.3 is 5.97 Å². The molecule has 0 saturated carbocycles. The monoisotopic (exact) mass is 378 g/mol. The molecule has 3 aromatic rings. The Balaban J connectivity index is 2.02. The van der Waals surface area contributed by atoms with Crippen LogP contribution >= 0.6 is 0 Å². The van der Waals surface area contributed by atoms with Crippen LogP contribution in [-0.2, 0) is 4.74 Å². The van der Waals surface area contributed by atoms with Crippen LogP contribution in [0.15, 0.2) is 24.4 Å². The molecule has 6 heteroatoms. The minimum absolute atomic E-state index is 0.324. The van der Waals surface area contributed by atoms with E-state index in [0.717, 1.165) is 64.9 Å². The molecule has 1 saturated heterocycles. The van der Waals surface area contributed by atoms with Crippen molar-refractivity contribution in [2.45, 2.75) is 20.8 Å². The molecule has 28 heavy (non-hydrogen) atoms. The number of ether oxygens (including phenoxy) is 1. The Morgan fingerprint density at radius 2 is 1.93 bits per heavy atom. The number of hydrogen-bond acceptors (Lipinski definition) is 6. The van der Waals surface area contributed by atoms with Gasteiger partial charge in [-0.05, 0) is 40.0 Å². The maximum atomic E-state index is 12.7. The van der Waals surface area contributed by atoms with Gasteiger partial charge in [0.1, 0.15) is 5.56 Å². The van der Waals surface area contributed by atoms with Crippen LogP contribution in [0, 0.1) is 13.8 Å². The van der Waals surface area contributed by atoms with Crippen LogP contribution in [-0.4, -0.2) is 60.7 Å². The molecule has 1 aliphatic heterocycles. The van der Waals surface area contributed by atoms with Gasteiger partial charge in [0.2, 0.25) is 0 Å². The maximum Gasteiger partial charge on any atom is 0.341 e. The number of hydrogen-bond donors (Lipinski definition) is 0. The highest BCUT2D eigenvalue weighted by Gasteiger charge is 2.26. The molecule has 0 radical (unpaired) electrons. The number of aryl methyl sites for hydroxylation is 2. The molecular formula is C22H26N4O2. The van der Waals surface area contributed by atoms with E-state index in [-0.39, 0.29) is 5.97 Å². The molecule has 146 valence electrons. The lowest BCUT2D eigenvalue weighted by molar-refractivity contribution is 0.0526. The van der Waals surface area contributed by atoms with Crippen molar-refractivity contribution < 1.29 is 9.53 Å². The van der Waals surface area contributed by atoms with Gasteiger partial charge in [-0.3, -0.25) is 9.97 Å². The highest BCUT2D eigenvalue weighted by atomic mass is 16.5. The van der Waals surface area contributed by atoms with E-state index in [1.54, 1.807) is 6.20 Å². The largest absolute Gasteiger partial charge is 0.462 e. The summed E-state index contributed by atoms with van der Waals surface area (Å²) < 4.78 is 5.34. The number of carbonyl (C=O) groups is 1. The average molecular weight is 378 g/mol. The second-order valence-electron chi connectivity index (χ2n) is 7.47. The molecule has 2 aromatic heterocycles. The summed E-state index contributed by atoms with van der Waals surface area (Å²) in [4.78, 5) is 26.8. The fourth-order valence-corrected chi connectivity index (χ4v) is 3.94. The molecule has 0 N–H and O–H groups in total. The first kappa shape index (κ1) is 18.6. The standard InChI is InChI=1S/C22H26N4O2/c1-5-28-22(27)17-13-23-20-16-12-14(2)6-7-18(16)24-15(3)19(20)21(17)26-10-8-25(4)9-11-26/h6-7,12-13H,5,8-11H2,1-4H3. The second kappa shape index (κ2) is 7.36. The van der Waals surface area contributed by atoms with Crippen molar-refractivity contribution in [3.05, 3.63) is 41.2 Å². The molecule has 1 aromatic carbocycles. The van der Waals surface area contributed by atoms with Crippen LogP contribution in [0.2, 0.25) is 0 Å². The number of fused-ring (bicyclic) bond motifs is 3. The molecule has 1 fully saturated rings. The molecule has 0 spiro atoms. The molecule has 0 unspecified atom stereocenters. The molecule has 3 heterocycles. The van der Waals surface area contributed by atoms with Gasteiger partial charge in [0, 0.05) is 48.8 Å². The summed E-state index contributed by atoms with van der Waals surface area (Å²) in [5.74, 6) is -0.324. The molecule has 1 aliphatic rings. The van der Waals surface area contributed by atoms with Gasteiger partial charge in [-0.25, -0.2) is 4.79 Å². The van der Waals surface area contributed by atoms with Gasteiger partial charge in [0.05, 0.1) is 23.3 Å². The lowest BCUT2D eigenvalue weighted by Gasteiger charge is -2.35. The lowest BCUT2D eigenvalue weighted by Crippen LogP contribution is -2.45. The summed E-state index contributed by atoms with van der Waals surface area (Å²) in [6.45, 7) is 9.84. The number of rotatable bonds is 3. The third-order valence-electron chi connectivity index (χ3n) is 5.42. The Labute approximate surface area is 165 Å². The molecule has 0 amide bonds. The quantitative estimate of drug-likeness (QED) is 0.515. The van der Waals surface area contributed by atoms with Gasteiger partial charge in [-0.15, -0.1) is 0 Å². The van der Waals surface area contributed by atoms with Crippen molar-refractivity contribution >= 4 is 33.5 Å². The average Bonchev–Trinajstić information content (AvgIpc) is 2.68. The number of likely N-dealkylation sites (N-methyl/N-ethyl adjacent to an activating group) is 1. The minimum atomic E-state index is -0.324. The number of pyridine rings is 2. The first-order valence-corrected chi connectivity index (χ1v) is 9.80. The van der Waals surface area contributed by atoms with Crippen LogP contribution in [0.25, 0.3) is 21.8 Å². The normalized spacial score (nSPS) is 15.4. The highest BCUT2D eigenvalue weighted by molar-refractivity contribution is 6.13. The summed E-state index contributed by atoms with van der Waals surface area (Å²) in [5.41, 5.74) is 5.31. The van der Waals surface area contributed by atoms with Crippen LogP contribution in [0.3, 0.4) is 0 Å². The van der Waals surface area contributed by atoms with Crippen molar-refractivity contribution in [3.8, 4) is 0 Å². The predicted octanol–water partition coefficient (Wildman–Crippen LogP) is 3.33. The van der Waals surface area contributed by atoms with Crippen LogP contribution in [0.1, 0.15) is 28.5 Å². The lowest BCUT2D eigenvalue weighted by atomic mass is 10.0. The van der Waals surface area contributed by atoms with E-state index in [1.807, 2.05) is 19.9 Å². The summed E-state index contributed by atoms with van der Waals surface area (Å²) in [6, 6.07) is 6.22. The SMILES string of the molecule is CCOC(=O)c1cnc2c(c(C)nc3ccc(C)cc32)c1N1CCN(C)CC1. The van der Waals surface area contributed by atoms with Gasteiger partial charge in [0.15, 0.2) is 0 Å². The first-order valence-electron chi connectivity index (χ1n) is 9.80. The van der Waals surface area contributed by atoms with Gasteiger partial charge in [-0.2, -0.15) is 0 Å². The van der Waals surface area contributed by atoms with Crippen LogP contribution in [0.5, 0.6) is 0 Å². The zero-order valence-electron chi connectivity index (χ0n) is 17.0. The third kappa shape index (κ3) is 3.18. The number of esters is 1. The zero-order chi connectivity index (χ0) is 19.8. The van der Waals surface area contributed by atoms with Crippen molar-refractivity contribution in [3.63, 3.8) is 0 Å². The summed E-state index contributed by atoms with van der Waals surface area (Å²) in [7, 11) is 2.12. The number of anilines is 1. The van der Waals surface area contributed by atoms with Crippen molar-refractivity contribution in [1.29, 1.82) is 0 Å². The molecule has 0 aliphatic carbocycles. The van der Waals surface area contributed by atoms with E-state index in [9.17, 15) is 4.79 Å². The van der Waals surface area contributed by atoms with E-state index >= 15 is 0 Å². The number of carbonyl (C=O) groups excluding carboxylic acids is 1. The Morgan fingerprint density at radius 1 is 1.18 bits per heavy atom. The predicted molar refractivity (Wildman–Crippen MR) is 112 cm³/mol. The summed E-state index contributed by atoms with van der Waals surface area (Å²) in [6.07, 6.45) is 1.68. The fourth-order valence-electron chi connectivity index (χ4n) is 3.94. The Morgan fingerprint density at radius 3 is 2.64 bits per heavy atom. The van der Waals surface area contributed by atoms with Gasteiger partial charge in [-0.1, -0.05) is 11.6 Å². The Hall–Kier alpha value is -2.73. The smallest absolute Gasteiger partial charge is 0.341 e. The van der Waals surface area contributed by atoms with Crippen LogP contribution in [0.4, 0.5) is 5.69 Å². The van der Waals surface area contributed by atoms with Crippen molar-refractivity contribution in [1.82, 2.24) is 14.9 Å². The van der Waals surface area contributed by atoms with Crippen molar-refractivity contribution in [2.24, 2.45) is 0 Å². The zero-order valence-corrected chi connectivity index (χ0v) is 17.0. The van der Waals surface area contributed by atoms with Crippen molar-refractivity contribution in [2.75, 3.05) is 44.7 Å².